The number of methoxy groups -OCH3 is 1. The van der Waals surface area contributed by atoms with Gasteiger partial charge in [-0.15, -0.1) is 0 Å². The molecule has 0 aliphatic heterocycles. The number of nitrogens with one attached hydrogen (secondary N) is 2. The third kappa shape index (κ3) is 4.61. The topological polar surface area (TPSA) is 93.6 Å². The van der Waals surface area contributed by atoms with E-state index in [0.717, 1.165) is 16.5 Å². The molecule has 35 heavy (non-hydrogen) atoms. The summed E-state index contributed by atoms with van der Waals surface area (Å²) in [5.41, 5.74) is 2.86. The van der Waals surface area contributed by atoms with Gasteiger partial charge in [0.05, 0.1) is 12.5 Å². The molecule has 7 nitrogen and oxygen atoms in total. The van der Waals surface area contributed by atoms with Crippen LogP contribution in [0.2, 0.25) is 0 Å². The SMILES string of the molecule is COc1ccc2c(=O)c(Oc3ccc(C(=O)NC(C)Cc4c[nH]c5ccccc45)cc3)coc2c1. The maximum Gasteiger partial charge on any atom is 0.251 e. The number of carbonyl (C=O) groups is 1. The average molecular weight is 469 g/mol. The van der Waals surface area contributed by atoms with E-state index in [0.29, 0.717) is 34.5 Å². The fraction of sp³-hybridized carbons (Fsp3) is 0.143. The van der Waals surface area contributed by atoms with Crippen molar-refractivity contribution in [1.82, 2.24) is 10.3 Å². The average Bonchev–Trinajstić information content (AvgIpc) is 3.28. The smallest absolute Gasteiger partial charge is 0.251 e. The number of carbonyl (C=O) groups excluding carboxylic acids is 1. The quantitative estimate of drug-likeness (QED) is 0.332. The minimum atomic E-state index is -0.290. The van der Waals surface area contributed by atoms with Gasteiger partial charge in [0.1, 0.15) is 23.3 Å². The van der Waals surface area contributed by atoms with Crippen molar-refractivity contribution in [3.63, 3.8) is 0 Å². The molecular formula is C28H24N2O5. The molecule has 3 aromatic carbocycles. The molecule has 1 amide bonds. The summed E-state index contributed by atoms with van der Waals surface area (Å²) in [4.78, 5) is 28.7. The first kappa shape index (κ1) is 22.3. The minimum absolute atomic E-state index is 0.0570. The monoisotopic (exact) mass is 468 g/mol. The van der Waals surface area contributed by atoms with E-state index < -0.39 is 0 Å². The second-order valence-corrected chi connectivity index (χ2v) is 8.36. The Morgan fingerprint density at radius 1 is 1.03 bits per heavy atom. The molecule has 0 spiro atoms. The highest BCUT2D eigenvalue weighted by Crippen LogP contribution is 2.24. The fourth-order valence-corrected chi connectivity index (χ4v) is 4.08. The minimum Gasteiger partial charge on any atom is -0.497 e. The van der Waals surface area contributed by atoms with E-state index in [1.165, 1.54) is 6.26 Å². The summed E-state index contributed by atoms with van der Waals surface area (Å²) in [5.74, 6) is 0.905. The number of amides is 1. The summed E-state index contributed by atoms with van der Waals surface area (Å²) in [6.07, 6.45) is 3.97. The molecule has 0 fully saturated rings. The number of aromatic amines is 1. The van der Waals surface area contributed by atoms with Crippen molar-refractivity contribution in [2.45, 2.75) is 19.4 Å². The number of benzene rings is 3. The molecule has 5 rings (SSSR count). The molecule has 1 atom stereocenters. The van der Waals surface area contributed by atoms with Gasteiger partial charge in [0.15, 0.2) is 0 Å². The molecule has 2 N–H and O–H groups in total. The number of hydrogen-bond acceptors (Lipinski definition) is 5. The molecule has 0 aliphatic carbocycles. The Balaban J connectivity index is 1.25. The standard InChI is InChI=1S/C28H24N2O5/c1-17(13-19-15-29-24-6-4-3-5-22(19)24)30-28(32)18-7-9-20(10-8-18)35-26-16-34-25-14-21(33-2)11-12-23(25)27(26)31/h3-12,14-17,29H,13H2,1-2H3,(H,30,32). The van der Waals surface area contributed by atoms with Crippen molar-refractivity contribution in [1.29, 1.82) is 0 Å². The molecule has 0 bridgehead atoms. The van der Waals surface area contributed by atoms with Crippen LogP contribution in [-0.4, -0.2) is 24.0 Å². The van der Waals surface area contributed by atoms with Gasteiger partial charge in [0.25, 0.3) is 5.91 Å². The van der Waals surface area contributed by atoms with Gasteiger partial charge in [0.2, 0.25) is 11.2 Å². The Labute approximate surface area is 201 Å². The van der Waals surface area contributed by atoms with Crippen molar-refractivity contribution in [2.75, 3.05) is 7.11 Å². The molecule has 0 saturated carbocycles. The van der Waals surface area contributed by atoms with Crippen molar-refractivity contribution >= 4 is 27.8 Å². The highest BCUT2D eigenvalue weighted by Gasteiger charge is 2.14. The first-order chi connectivity index (χ1) is 17.0. The second kappa shape index (κ2) is 9.38. The van der Waals surface area contributed by atoms with E-state index in [9.17, 15) is 9.59 Å². The zero-order valence-electron chi connectivity index (χ0n) is 19.3. The molecule has 0 radical (unpaired) electrons. The van der Waals surface area contributed by atoms with Crippen molar-refractivity contribution in [3.05, 3.63) is 101 Å². The van der Waals surface area contributed by atoms with Crippen LogP contribution in [0.25, 0.3) is 21.9 Å². The van der Waals surface area contributed by atoms with E-state index in [1.807, 2.05) is 31.3 Å². The lowest BCUT2D eigenvalue weighted by Crippen LogP contribution is -2.34. The molecule has 7 heteroatoms. The maximum absolute atomic E-state index is 12.7. The van der Waals surface area contributed by atoms with Crippen molar-refractivity contribution in [3.8, 4) is 17.2 Å². The lowest BCUT2D eigenvalue weighted by atomic mass is 10.1. The number of aromatic nitrogens is 1. The van der Waals surface area contributed by atoms with Gasteiger partial charge in [-0.2, -0.15) is 0 Å². The summed E-state index contributed by atoms with van der Waals surface area (Å²) in [6.45, 7) is 1.98. The summed E-state index contributed by atoms with van der Waals surface area (Å²) >= 11 is 0. The second-order valence-electron chi connectivity index (χ2n) is 8.36. The number of fused-ring (bicyclic) bond motifs is 2. The van der Waals surface area contributed by atoms with Crippen LogP contribution >= 0.6 is 0 Å². The maximum atomic E-state index is 12.7. The lowest BCUT2D eigenvalue weighted by molar-refractivity contribution is 0.0940. The first-order valence-corrected chi connectivity index (χ1v) is 11.2. The van der Waals surface area contributed by atoms with Gasteiger partial charge < -0.3 is 24.2 Å². The van der Waals surface area contributed by atoms with Gasteiger partial charge >= 0.3 is 0 Å². The largest absolute Gasteiger partial charge is 0.497 e. The van der Waals surface area contributed by atoms with Gasteiger partial charge in [-0.3, -0.25) is 9.59 Å². The Bertz CT molecular complexity index is 1570. The van der Waals surface area contributed by atoms with Crippen LogP contribution in [0.15, 0.2) is 88.4 Å². The predicted molar refractivity (Wildman–Crippen MR) is 134 cm³/mol. The summed E-state index contributed by atoms with van der Waals surface area (Å²) < 4.78 is 16.4. The van der Waals surface area contributed by atoms with E-state index in [4.69, 9.17) is 13.9 Å². The van der Waals surface area contributed by atoms with E-state index in [1.54, 1.807) is 49.6 Å². The molecular weight excluding hydrogens is 444 g/mol. The number of hydrogen-bond donors (Lipinski definition) is 2. The summed E-state index contributed by atoms with van der Waals surface area (Å²) in [6, 6.07) is 19.6. The van der Waals surface area contributed by atoms with Crippen LogP contribution in [0.3, 0.4) is 0 Å². The summed E-state index contributed by atoms with van der Waals surface area (Å²) in [7, 11) is 1.55. The van der Waals surface area contributed by atoms with Gasteiger partial charge in [-0.1, -0.05) is 18.2 Å². The Morgan fingerprint density at radius 3 is 2.60 bits per heavy atom. The van der Waals surface area contributed by atoms with Crippen molar-refractivity contribution in [2.24, 2.45) is 0 Å². The predicted octanol–water partition coefficient (Wildman–Crippen LogP) is 5.44. The van der Waals surface area contributed by atoms with E-state index >= 15 is 0 Å². The Morgan fingerprint density at radius 2 is 1.80 bits per heavy atom. The number of ether oxygens (including phenoxy) is 2. The third-order valence-corrected chi connectivity index (χ3v) is 5.87. The number of rotatable bonds is 7. The Kier molecular flexibility index (Phi) is 5.97. The van der Waals surface area contributed by atoms with E-state index in [-0.39, 0.29) is 23.1 Å². The summed E-state index contributed by atoms with van der Waals surface area (Å²) in [5, 5.41) is 4.59. The highest BCUT2D eigenvalue weighted by atomic mass is 16.5. The van der Waals surface area contributed by atoms with Crippen LogP contribution in [0, 0.1) is 0 Å². The van der Waals surface area contributed by atoms with Crippen LogP contribution in [-0.2, 0) is 6.42 Å². The van der Waals surface area contributed by atoms with Gasteiger partial charge in [0, 0.05) is 34.8 Å². The zero-order valence-corrected chi connectivity index (χ0v) is 19.3. The molecule has 176 valence electrons. The van der Waals surface area contributed by atoms with Crippen LogP contribution in [0.1, 0.15) is 22.8 Å². The Hall–Kier alpha value is -4.52. The molecule has 0 saturated heterocycles. The van der Waals surface area contributed by atoms with Gasteiger partial charge in [-0.05, 0) is 61.4 Å². The zero-order chi connectivity index (χ0) is 24.4. The van der Waals surface area contributed by atoms with Crippen molar-refractivity contribution < 1.29 is 18.7 Å². The highest BCUT2D eigenvalue weighted by molar-refractivity contribution is 5.94. The van der Waals surface area contributed by atoms with Gasteiger partial charge in [-0.25, -0.2) is 0 Å². The molecule has 0 aliphatic rings. The molecule has 2 aromatic heterocycles. The number of para-hydroxylation sites is 1. The first-order valence-electron chi connectivity index (χ1n) is 11.2. The molecule has 5 aromatic rings. The van der Waals surface area contributed by atoms with Crippen LogP contribution in [0.5, 0.6) is 17.2 Å². The molecule has 1 unspecified atom stereocenters. The van der Waals surface area contributed by atoms with Crippen LogP contribution in [0.4, 0.5) is 0 Å². The normalized spacial score (nSPS) is 11.9. The fourth-order valence-electron chi connectivity index (χ4n) is 4.08. The van der Waals surface area contributed by atoms with E-state index in [2.05, 4.69) is 16.4 Å². The lowest BCUT2D eigenvalue weighted by Gasteiger charge is -2.14. The number of H-pyrrole nitrogens is 1. The molecule has 2 heterocycles. The third-order valence-electron chi connectivity index (χ3n) is 5.87. The van der Waals surface area contributed by atoms with Crippen LogP contribution < -0.4 is 20.2 Å².